The highest BCUT2D eigenvalue weighted by Crippen LogP contribution is 2.28. The van der Waals surface area contributed by atoms with E-state index in [4.69, 9.17) is 0 Å². The van der Waals surface area contributed by atoms with E-state index in [0.717, 1.165) is 17.0 Å². The Morgan fingerprint density at radius 2 is 1.52 bits per heavy atom. The quantitative estimate of drug-likeness (QED) is 0.648. The maximum absolute atomic E-state index is 13.2. The summed E-state index contributed by atoms with van der Waals surface area (Å²) >= 11 is 0. The second-order valence-electron chi connectivity index (χ2n) is 7.60. The fourth-order valence-corrected chi connectivity index (χ4v) is 3.53. The van der Waals surface area contributed by atoms with Crippen molar-refractivity contribution in [1.82, 2.24) is 9.80 Å². The fourth-order valence-electron chi connectivity index (χ4n) is 3.53. The molecule has 31 heavy (non-hydrogen) atoms. The van der Waals surface area contributed by atoms with Gasteiger partial charge in [-0.15, -0.1) is 13.2 Å². The lowest BCUT2D eigenvalue weighted by Crippen LogP contribution is -2.52. The van der Waals surface area contributed by atoms with Gasteiger partial charge in [0.25, 0.3) is 11.8 Å². The molecule has 0 radical (unpaired) electrons. The predicted molar refractivity (Wildman–Crippen MR) is 105 cm³/mol. The number of alkyl halides is 3. The van der Waals surface area contributed by atoms with Crippen molar-refractivity contribution in [3.8, 4) is 5.75 Å². The minimum absolute atomic E-state index is 0.0809. The summed E-state index contributed by atoms with van der Waals surface area (Å²) in [4.78, 5) is 41.2. The van der Waals surface area contributed by atoms with Crippen LogP contribution < -0.4 is 4.74 Å². The number of nitrogens with zero attached hydrogens (tertiary/aromatic N) is 2. The SMILES string of the molecule is CC(C)C(C(=O)N(C)Cc1ccc(OC(F)(F)F)cc1)N1C(=O)c2ccccc2C1=O. The summed E-state index contributed by atoms with van der Waals surface area (Å²) in [6.07, 6.45) is -4.79. The van der Waals surface area contributed by atoms with Gasteiger partial charge >= 0.3 is 6.36 Å². The molecule has 1 unspecified atom stereocenters. The second-order valence-corrected chi connectivity index (χ2v) is 7.60. The maximum Gasteiger partial charge on any atom is 0.573 e. The fraction of sp³-hybridized carbons (Fsp3) is 0.318. The van der Waals surface area contributed by atoms with Gasteiger partial charge in [0.2, 0.25) is 5.91 Å². The van der Waals surface area contributed by atoms with Crippen molar-refractivity contribution in [2.45, 2.75) is 32.8 Å². The molecule has 0 spiro atoms. The third-order valence-electron chi connectivity index (χ3n) is 4.94. The average Bonchev–Trinajstić information content (AvgIpc) is 2.94. The van der Waals surface area contributed by atoms with E-state index in [1.165, 1.54) is 24.1 Å². The molecule has 6 nitrogen and oxygen atoms in total. The normalized spacial score (nSPS) is 14.6. The van der Waals surface area contributed by atoms with E-state index in [9.17, 15) is 27.6 Å². The van der Waals surface area contributed by atoms with Crippen LogP contribution in [0.25, 0.3) is 0 Å². The van der Waals surface area contributed by atoms with Gasteiger partial charge in [-0.3, -0.25) is 19.3 Å². The second kappa shape index (κ2) is 8.41. The van der Waals surface area contributed by atoms with Gasteiger partial charge in [0, 0.05) is 13.6 Å². The molecule has 1 heterocycles. The Hall–Kier alpha value is -3.36. The molecule has 0 saturated heterocycles. The van der Waals surface area contributed by atoms with Gasteiger partial charge in [0.05, 0.1) is 11.1 Å². The van der Waals surface area contributed by atoms with Crippen LogP contribution in [0.1, 0.15) is 40.1 Å². The van der Waals surface area contributed by atoms with Gasteiger partial charge in [0.1, 0.15) is 11.8 Å². The van der Waals surface area contributed by atoms with Gasteiger partial charge in [-0.2, -0.15) is 0 Å². The van der Waals surface area contributed by atoms with Gasteiger partial charge < -0.3 is 9.64 Å². The molecule has 0 N–H and O–H groups in total. The lowest BCUT2D eigenvalue weighted by atomic mass is 10.0. The Labute approximate surface area is 177 Å². The number of hydrogen-bond acceptors (Lipinski definition) is 4. The minimum Gasteiger partial charge on any atom is -0.406 e. The van der Waals surface area contributed by atoms with Gasteiger partial charge in [-0.25, -0.2) is 0 Å². The van der Waals surface area contributed by atoms with Crippen molar-refractivity contribution < 1.29 is 32.3 Å². The molecule has 164 valence electrons. The summed E-state index contributed by atoms with van der Waals surface area (Å²) in [5.41, 5.74) is 1.08. The summed E-state index contributed by atoms with van der Waals surface area (Å²) < 4.78 is 40.7. The number of carbonyl (C=O) groups is 3. The lowest BCUT2D eigenvalue weighted by molar-refractivity contribution is -0.274. The molecule has 3 rings (SSSR count). The number of halogens is 3. The molecule has 1 atom stereocenters. The first kappa shape index (κ1) is 22.3. The third-order valence-corrected chi connectivity index (χ3v) is 4.94. The molecule has 9 heteroatoms. The number of hydrogen-bond donors (Lipinski definition) is 0. The molecule has 0 fully saturated rings. The number of ether oxygens (including phenoxy) is 1. The molecular weight excluding hydrogens is 413 g/mol. The Morgan fingerprint density at radius 1 is 1.00 bits per heavy atom. The van der Waals surface area contributed by atoms with Gasteiger partial charge in [-0.05, 0) is 35.7 Å². The molecule has 1 aliphatic heterocycles. The van der Waals surface area contributed by atoms with E-state index in [0.29, 0.717) is 5.56 Å². The number of benzene rings is 2. The van der Waals surface area contributed by atoms with Gasteiger partial charge in [0.15, 0.2) is 0 Å². The zero-order valence-electron chi connectivity index (χ0n) is 17.1. The summed E-state index contributed by atoms with van der Waals surface area (Å²) in [6.45, 7) is 3.56. The van der Waals surface area contributed by atoms with Crippen LogP contribution in [0.5, 0.6) is 5.75 Å². The first-order valence-electron chi connectivity index (χ1n) is 9.56. The Kier molecular flexibility index (Phi) is 6.06. The van der Waals surface area contributed by atoms with Crippen LogP contribution in [0.2, 0.25) is 0 Å². The first-order chi connectivity index (χ1) is 14.5. The highest BCUT2D eigenvalue weighted by Gasteiger charge is 2.44. The Bertz CT molecular complexity index is 968. The number of amides is 3. The third kappa shape index (κ3) is 4.70. The lowest BCUT2D eigenvalue weighted by Gasteiger charge is -2.32. The summed E-state index contributed by atoms with van der Waals surface area (Å²) in [5.74, 6) is -2.19. The molecule has 0 bridgehead atoms. The van der Waals surface area contributed by atoms with E-state index in [2.05, 4.69) is 4.74 Å². The van der Waals surface area contributed by atoms with Crippen molar-refractivity contribution in [3.63, 3.8) is 0 Å². The molecular formula is C22H21F3N2O4. The van der Waals surface area contributed by atoms with Crippen LogP contribution in [0.3, 0.4) is 0 Å². The smallest absolute Gasteiger partial charge is 0.406 e. The Morgan fingerprint density at radius 3 is 1.97 bits per heavy atom. The zero-order chi connectivity index (χ0) is 22.9. The van der Waals surface area contributed by atoms with Crippen LogP contribution in [-0.2, 0) is 11.3 Å². The van der Waals surface area contributed by atoms with Crippen molar-refractivity contribution in [2.75, 3.05) is 7.05 Å². The number of carbonyl (C=O) groups excluding carboxylic acids is 3. The van der Waals surface area contributed by atoms with Crippen molar-refractivity contribution in [3.05, 3.63) is 65.2 Å². The monoisotopic (exact) mass is 434 g/mol. The zero-order valence-corrected chi connectivity index (χ0v) is 17.1. The van der Waals surface area contributed by atoms with E-state index in [1.54, 1.807) is 38.1 Å². The Balaban J connectivity index is 1.76. The van der Waals surface area contributed by atoms with Crippen LogP contribution in [0, 0.1) is 5.92 Å². The van der Waals surface area contributed by atoms with E-state index in [1.807, 2.05) is 0 Å². The van der Waals surface area contributed by atoms with Crippen molar-refractivity contribution in [1.29, 1.82) is 0 Å². The van der Waals surface area contributed by atoms with Crippen molar-refractivity contribution >= 4 is 17.7 Å². The number of likely N-dealkylation sites (N-methyl/N-ethyl adjacent to an activating group) is 1. The molecule has 3 amide bonds. The van der Waals surface area contributed by atoms with E-state index < -0.39 is 30.1 Å². The number of fused-ring (bicyclic) bond motifs is 1. The molecule has 2 aromatic rings. The largest absolute Gasteiger partial charge is 0.573 e. The standard InChI is InChI=1S/C22H21F3N2O4/c1-13(2)18(27-19(28)16-6-4-5-7-17(16)20(27)29)21(30)26(3)12-14-8-10-15(11-9-14)31-22(23,24)25/h4-11,13,18H,12H2,1-3H3. The number of rotatable bonds is 6. The van der Waals surface area contributed by atoms with E-state index >= 15 is 0 Å². The van der Waals surface area contributed by atoms with Crippen LogP contribution in [0.15, 0.2) is 48.5 Å². The highest BCUT2D eigenvalue weighted by atomic mass is 19.4. The highest BCUT2D eigenvalue weighted by molar-refractivity contribution is 6.22. The topological polar surface area (TPSA) is 66.9 Å². The predicted octanol–water partition coefficient (Wildman–Crippen LogP) is 3.86. The van der Waals surface area contributed by atoms with E-state index in [-0.39, 0.29) is 29.3 Å². The van der Waals surface area contributed by atoms with Gasteiger partial charge in [-0.1, -0.05) is 38.1 Å². The summed E-state index contributed by atoms with van der Waals surface area (Å²) in [5, 5.41) is 0. The first-order valence-corrected chi connectivity index (χ1v) is 9.56. The van der Waals surface area contributed by atoms with Crippen LogP contribution >= 0.6 is 0 Å². The molecule has 2 aromatic carbocycles. The summed E-state index contributed by atoms with van der Waals surface area (Å²) in [7, 11) is 1.51. The molecule has 0 aromatic heterocycles. The molecule has 1 aliphatic rings. The van der Waals surface area contributed by atoms with Crippen molar-refractivity contribution in [2.24, 2.45) is 5.92 Å². The van der Waals surface area contributed by atoms with Crippen LogP contribution in [-0.4, -0.2) is 47.0 Å². The maximum atomic E-state index is 13.2. The number of imide groups is 1. The average molecular weight is 434 g/mol. The molecule has 0 aliphatic carbocycles. The summed E-state index contributed by atoms with van der Waals surface area (Å²) in [6, 6.07) is 10.5. The molecule has 0 saturated carbocycles. The van der Waals surface area contributed by atoms with Crippen LogP contribution in [0.4, 0.5) is 13.2 Å². The minimum atomic E-state index is -4.79.